The van der Waals surface area contributed by atoms with E-state index in [1.165, 1.54) is 19.2 Å². The van der Waals surface area contributed by atoms with Crippen LogP contribution in [-0.2, 0) is 0 Å². The average Bonchev–Trinajstić information content (AvgIpc) is 2.72. The van der Waals surface area contributed by atoms with E-state index in [1.54, 1.807) is 30.3 Å². The lowest BCUT2D eigenvalue weighted by Crippen LogP contribution is -1.93. The topological polar surface area (TPSA) is 18.5 Å². The van der Waals surface area contributed by atoms with E-state index in [1.807, 2.05) is 37.3 Å². The highest BCUT2D eigenvalue weighted by molar-refractivity contribution is 5.90. The highest BCUT2D eigenvalue weighted by atomic mass is 19.2. The molecule has 0 aromatic heterocycles. The largest absolute Gasteiger partial charge is 0.497 e. The molecule has 4 heteroatoms. The zero-order chi connectivity index (χ0) is 19.2. The van der Waals surface area contributed by atoms with Gasteiger partial charge in [-0.25, -0.2) is 8.78 Å². The van der Waals surface area contributed by atoms with Crippen LogP contribution in [-0.4, -0.2) is 13.7 Å². The molecule has 0 atom stereocenters. The normalized spacial score (nSPS) is 12.3. The van der Waals surface area contributed by atoms with E-state index >= 15 is 0 Å². The van der Waals surface area contributed by atoms with Crippen LogP contribution in [0.25, 0.3) is 22.4 Å². The fourth-order valence-electron chi connectivity index (χ4n) is 2.68. The molecule has 138 valence electrons. The minimum atomic E-state index is -0.900. The van der Waals surface area contributed by atoms with E-state index in [0.717, 1.165) is 16.5 Å². The summed E-state index contributed by atoms with van der Waals surface area (Å²) in [6.07, 6.45) is 3.83. The summed E-state index contributed by atoms with van der Waals surface area (Å²) in [4.78, 5) is 0. The Morgan fingerprint density at radius 1 is 0.815 bits per heavy atom. The summed E-state index contributed by atoms with van der Waals surface area (Å²) in [6, 6.07) is 16.7. The van der Waals surface area contributed by atoms with Crippen LogP contribution in [0.4, 0.5) is 8.78 Å². The first-order chi connectivity index (χ1) is 13.1. The first-order valence-corrected chi connectivity index (χ1v) is 8.60. The number of halogens is 2. The van der Waals surface area contributed by atoms with Gasteiger partial charge in [0.25, 0.3) is 0 Å². The van der Waals surface area contributed by atoms with Crippen LogP contribution in [0.5, 0.6) is 11.5 Å². The third kappa shape index (κ3) is 4.34. The van der Waals surface area contributed by atoms with E-state index in [9.17, 15) is 8.78 Å². The van der Waals surface area contributed by atoms with Crippen LogP contribution in [0, 0.1) is 0 Å². The maximum absolute atomic E-state index is 14.7. The van der Waals surface area contributed by atoms with E-state index in [-0.39, 0.29) is 11.1 Å². The van der Waals surface area contributed by atoms with Gasteiger partial charge in [-0.05, 0) is 60.2 Å². The number of methoxy groups -OCH3 is 1. The molecule has 0 saturated carbocycles. The lowest BCUT2D eigenvalue weighted by molar-refractivity contribution is 0.363. The molecule has 0 heterocycles. The number of rotatable bonds is 6. The molecule has 0 N–H and O–H groups in total. The maximum atomic E-state index is 14.7. The molecule has 0 aliphatic heterocycles. The van der Waals surface area contributed by atoms with Gasteiger partial charge in [0, 0.05) is 11.1 Å². The second-order valence-corrected chi connectivity index (χ2v) is 5.96. The molecule has 0 saturated heterocycles. The van der Waals surface area contributed by atoms with Crippen molar-refractivity contribution in [1.82, 2.24) is 0 Å². The Bertz CT molecular complexity index is 989. The number of hydrogen-bond acceptors (Lipinski definition) is 2. The number of allylic oxidation sites excluding steroid dienone is 1. The molecule has 0 bridgehead atoms. The Morgan fingerprint density at radius 3 is 2.11 bits per heavy atom. The summed E-state index contributed by atoms with van der Waals surface area (Å²) in [5.41, 5.74) is 0.361. The Hall–Kier alpha value is -3.14. The Morgan fingerprint density at radius 2 is 1.41 bits per heavy atom. The fraction of sp³-hybridized carbons (Fsp3) is 0.130. The minimum Gasteiger partial charge on any atom is -0.497 e. The van der Waals surface area contributed by atoms with Crippen LogP contribution in [0.2, 0.25) is 0 Å². The third-order valence-electron chi connectivity index (χ3n) is 4.18. The summed E-state index contributed by atoms with van der Waals surface area (Å²) in [7, 11) is 1.52. The van der Waals surface area contributed by atoms with Crippen molar-refractivity contribution in [3.63, 3.8) is 0 Å². The van der Waals surface area contributed by atoms with Crippen molar-refractivity contribution in [2.45, 2.75) is 6.92 Å². The molecule has 0 spiro atoms. The van der Waals surface area contributed by atoms with Gasteiger partial charge in [-0.1, -0.05) is 30.4 Å². The number of fused-ring (bicyclic) bond motifs is 1. The van der Waals surface area contributed by atoms with Gasteiger partial charge in [-0.15, -0.1) is 0 Å². The van der Waals surface area contributed by atoms with Crippen LogP contribution in [0.3, 0.4) is 0 Å². The van der Waals surface area contributed by atoms with E-state index in [2.05, 4.69) is 0 Å². The molecule has 27 heavy (non-hydrogen) atoms. The summed E-state index contributed by atoms with van der Waals surface area (Å²) in [5, 5.41) is 1.71. The van der Waals surface area contributed by atoms with Crippen molar-refractivity contribution >= 4 is 22.4 Å². The molecule has 0 aliphatic rings. The van der Waals surface area contributed by atoms with E-state index in [0.29, 0.717) is 12.4 Å². The minimum absolute atomic E-state index is 0.168. The monoisotopic (exact) mass is 366 g/mol. The number of benzene rings is 3. The Balaban J connectivity index is 1.89. The number of hydrogen-bond donors (Lipinski definition) is 0. The molecule has 0 radical (unpaired) electrons. The van der Waals surface area contributed by atoms with Crippen LogP contribution in [0.15, 0.2) is 72.8 Å². The predicted molar refractivity (Wildman–Crippen MR) is 106 cm³/mol. The van der Waals surface area contributed by atoms with Crippen LogP contribution < -0.4 is 9.47 Å². The van der Waals surface area contributed by atoms with Crippen molar-refractivity contribution in [1.29, 1.82) is 0 Å². The molecule has 3 aromatic carbocycles. The third-order valence-corrected chi connectivity index (χ3v) is 4.18. The van der Waals surface area contributed by atoms with Crippen molar-refractivity contribution in [2.24, 2.45) is 0 Å². The summed E-state index contributed by atoms with van der Waals surface area (Å²) >= 11 is 0. The van der Waals surface area contributed by atoms with Crippen molar-refractivity contribution in [3.05, 3.63) is 83.9 Å². The van der Waals surface area contributed by atoms with Gasteiger partial charge in [-0.3, -0.25) is 0 Å². The lowest BCUT2D eigenvalue weighted by Gasteiger charge is -2.07. The Kier molecular flexibility index (Phi) is 5.87. The molecule has 3 rings (SSSR count). The van der Waals surface area contributed by atoms with Gasteiger partial charge in [0.15, 0.2) is 11.7 Å². The van der Waals surface area contributed by atoms with E-state index < -0.39 is 11.7 Å². The molecule has 0 amide bonds. The average molecular weight is 366 g/mol. The van der Waals surface area contributed by atoms with Crippen molar-refractivity contribution < 1.29 is 18.3 Å². The maximum Gasteiger partial charge on any atom is 0.166 e. The van der Waals surface area contributed by atoms with Gasteiger partial charge >= 0.3 is 0 Å². The quantitative estimate of drug-likeness (QED) is 0.363. The highest BCUT2D eigenvalue weighted by Gasteiger charge is 2.12. The highest BCUT2D eigenvalue weighted by Crippen LogP contribution is 2.32. The Labute approximate surface area is 157 Å². The zero-order valence-corrected chi connectivity index (χ0v) is 15.2. The van der Waals surface area contributed by atoms with Gasteiger partial charge in [0.2, 0.25) is 0 Å². The second kappa shape index (κ2) is 8.49. The van der Waals surface area contributed by atoms with Crippen LogP contribution >= 0.6 is 0 Å². The van der Waals surface area contributed by atoms with E-state index in [4.69, 9.17) is 9.47 Å². The zero-order valence-electron chi connectivity index (χ0n) is 15.2. The number of ether oxygens (including phenoxy) is 2. The first kappa shape index (κ1) is 18.6. The van der Waals surface area contributed by atoms with Gasteiger partial charge in [-0.2, -0.15) is 0 Å². The lowest BCUT2D eigenvalue weighted by atomic mass is 10.0. The fourth-order valence-corrected chi connectivity index (χ4v) is 2.68. The predicted octanol–water partition coefficient (Wildman–Crippen LogP) is 6.57. The summed E-state index contributed by atoms with van der Waals surface area (Å²) in [5.74, 6) is -0.474. The molecule has 0 fully saturated rings. The molecule has 0 aliphatic carbocycles. The van der Waals surface area contributed by atoms with Gasteiger partial charge in [0.05, 0.1) is 7.11 Å². The smallest absolute Gasteiger partial charge is 0.166 e. The molecule has 2 nitrogen and oxygen atoms in total. The summed E-state index contributed by atoms with van der Waals surface area (Å²) in [6.45, 7) is 2.42. The molecular weight excluding hydrogens is 346 g/mol. The standard InChI is InChI=1S/C23H20F2O2/c1-3-4-13-27-21-12-9-17-14-19(6-5-18(17)15-21)23(25)22(24)16-7-10-20(26-2)11-8-16/h3-12,14-15H,13H2,1-2H3. The van der Waals surface area contributed by atoms with Crippen molar-refractivity contribution in [2.75, 3.05) is 13.7 Å². The van der Waals surface area contributed by atoms with Crippen molar-refractivity contribution in [3.8, 4) is 11.5 Å². The first-order valence-electron chi connectivity index (χ1n) is 8.60. The molecular formula is C23H20F2O2. The molecule has 0 unspecified atom stereocenters. The second-order valence-electron chi connectivity index (χ2n) is 5.96. The summed E-state index contributed by atoms with van der Waals surface area (Å²) < 4.78 is 39.8. The van der Waals surface area contributed by atoms with Crippen LogP contribution in [0.1, 0.15) is 18.1 Å². The van der Waals surface area contributed by atoms with Gasteiger partial charge in [0.1, 0.15) is 18.1 Å². The SMILES string of the molecule is CC=CCOc1ccc2cc(C(F)=C(F)c3ccc(OC)cc3)ccc2c1. The van der Waals surface area contributed by atoms with Gasteiger partial charge < -0.3 is 9.47 Å². The molecule has 3 aromatic rings.